The molecule has 0 unspecified atom stereocenters. The first-order valence-corrected chi connectivity index (χ1v) is 12.7. The van der Waals surface area contributed by atoms with Gasteiger partial charge in [0.25, 0.3) is 5.91 Å². The lowest BCUT2D eigenvalue weighted by Gasteiger charge is -2.29. The van der Waals surface area contributed by atoms with E-state index in [1.54, 1.807) is 0 Å². The van der Waals surface area contributed by atoms with Gasteiger partial charge in [0, 0.05) is 37.6 Å². The number of amides is 1. The first-order chi connectivity index (χ1) is 16.5. The number of aliphatic hydroxyl groups excluding tert-OH is 1. The van der Waals surface area contributed by atoms with Crippen LogP contribution >= 0.6 is 0 Å². The predicted molar refractivity (Wildman–Crippen MR) is 136 cm³/mol. The zero-order chi connectivity index (χ0) is 23.9. The van der Waals surface area contributed by atoms with Crippen molar-refractivity contribution >= 4 is 23.1 Å². The number of carbonyl (C=O) groups is 1. The fourth-order valence-electron chi connectivity index (χ4n) is 5.05. The Bertz CT molecular complexity index is 951. The average Bonchev–Trinajstić information content (AvgIpc) is 2.86. The molecule has 2 aliphatic rings. The van der Waals surface area contributed by atoms with E-state index in [0.29, 0.717) is 18.2 Å². The Labute approximate surface area is 202 Å². The third kappa shape index (κ3) is 6.24. The summed E-state index contributed by atoms with van der Waals surface area (Å²) in [4.78, 5) is 23.9. The third-order valence-electron chi connectivity index (χ3n) is 7.07. The molecule has 8 nitrogen and oxygen atoms in total. The molecule has 1 aliphatic carbocycles. The second kappa shape index (κ2) is 11.6. The molecule has 1 aliphatic heterocycles. The molecule has 0 spiro atoms. The van der Waals surface area contributed by atoms with Gasteiger partial charge in [-0.15, -0.1) is 0 Å². The number of nitrogens with two attached hydrogens (primary N) is 1. The minimum atomic E-state index is -0.575. The smallest absolute Gasteiger partial charge is 0.271 e. The fraction of sp³-hybridized carbons (Fsp3) is 0.577. The van der Waals surface area contributed by atoms with E-state index < -0.39 is 5.91 Å². The van der Waals surface area contributed by atoms with Crippen LogP contribution in [-0.2, 0) is 12.8 Å². The molecule has 184 valence electrons. The Kier molecular flexibility index (Phi) is 8.34. The molecule has 34 heavy (non-hydrogen) atoms. The van der Waals surface area contributed by atoms with Crippen LogP contribution in [0.25, 0.3) is 0 Å². The normalized spacial score (nSPS) is 20.8. The van der Waals surface area contributed by atoms with Gasteiger partial charge in [0.05, 0.1) is 17.5 Å². The van der Waals surface area contributed by atoms with Gasteiger partial charge >= 0.3 is 0 Å². The topological polar surface area (TPSA) is 116 Å². The lowest BCUT2D eigenvalue weighted by atomic mass is 9.84. The van der Waals surface area contributed by atoms with Crippen molar-refractivity contribution in [3.63, 3.8) is 0 Å². The van der Waals surface area contributed by atoms with Gasteiger partial charge in [-0.1, -0.05) is 13.3 Å². The maximum absolute atomic E-state index is 12.1. The molecule has 8 heteroatoms. The number of anilines is 3. The molecule has 2 aromatic rings. The summed E-state index contributed by atoms with van der Waals surface area (Å²) in [5, 5.41) is 16.4. The first-order valence-electron chi connectivity index (χ1n) is 12.7. The lowest BCUT2D eigenvalue weighted by Crippen LogP contribution is -2.43. The summed E-state index contributed by atoms with van der Waals surface area (Å²) in [7, 11) is 0. The Morgan fingerprint density at radius 2 is 1.82 bits per heavy atom. The fourth-order valence-corrected chi connectivity index (χ4v) is 5.05. The highest BCUT2D eigenvalue weighted by Gasteiger charge is 2.21. The monoisotopic (exact) mass is 466 g/mol. The highest BCUT2D eigenvalue weighted by molar-refractivity contribution is 5.96. The van der Waals surface area contributed by atoms with Crippen LogP contribution in [0.5, 0.6) is 0 Å². The van der Waals surface area contributed by atoms with Crippen molar-refractivity contribution in [3.05, 3.63) is 41.3 Å². The van der Waals surface area contributed by atoms with Crippen molar-refractivity contribution in [1.82, 2.24) is 15.3 Å². The van der Waals surface area contributed by atoms with Gasteiger partial charge in [-0.2, -0.15) is 0 Å². The van der Waals surface area contributed by atoms with E-state index in [2.05, 4.69) is 32.7 Å². The maximum atomic E-state index is 12.1. The van der Waals surface area contributed by atoms with Crippen LogP contribution < -0.4 is 21.3 Å². The molecule has 1 saturated carbocycles. The summed E-state index contributed by atoms with van der Waals surface area (Å²) in [6, 6.07) is 8.20. The van der Waals surface area contributed by atoms with Gasteiger partial charge in [0.15, 0.2) is 11.5 Å². The molecule has 0 bridgehead atoms. The molecule has 0 radical (unpaired) electrons. The number of nitrogens with zero attached hydrogens (tertiary/aromatic N) is 3. The van der Waals surface area contributed by atoms with Crippen LogP contribution in [0, 0.1) is 5.92 Å². The SMILES string of the molecule is CCc1nc(C(N)=O)c(Nc2ccc(N3CCNCC3)cc2)nc1CCCC1CCC(O)CC1. The van der Waals surface area contributed by atoms with E-state index in [0.717, 1.165) is 88.2 Å². The zero-order valence-corrected chi connectivity index (χ0v) is 20.2. The van der Waals surface area contributed by atoms with Gasteiger partial charge in [0.2, 0.25) is 0 Å². The van der Waals surface area contributed by atoms with Gasteiger partial charge in [-0.25, -0.2) is 9.97 Å². The van der Waals surface area contributed by atoms with Crippen molar-refractivity contribution in [1.29, 1.82) is 0 Å². The summed E-state index contributed by atoms with van der Waals surface area (Å²) in [5.41, 5.74) is 9.66. The Morgan fingerprint density at radius 1 is 1.12 bits per heavy atom. The maximum Gasteiger partial charge on any atom is 0.271 e. The highest BCUT2D eigenvalue weighted by atomic mass is 16.3. The number of rotatable bonds is 9. The van der Waals surface area contributed by atoms with E-state index in [4.69, 9.17) is 10.7 Å². The number of benzene rings is 1. The van der Waals surface area contributed by atoms with Crippen LogP contribution in [0.2, 0.25) is 0 Å². The van der Waals surface area contributed by atoms with Crippen LogP contribution in [0.4, 0.5) is 17.2 Å². The number of piperazine rings is 1. The van der Waals surface area contributed by atoms with E-state index in [1.807, 2.05) is 19.1 Å². The summed E-state index contributed by atoms with van der Waals surface area (Å²) in [6.45, 7) is 6.00. The summed E-state index contributed by atoms with van der Waals surface area (Å²) >= 11 is 0. The molecule has 1 aromatic carbocycles. The van der Waals surface area contributed by atoms with Crippen molar-refractivity contribution in [2.75, 3.05) is 36.4 Å². The second-order valence-corrected chi connectivity index (χ2v) is 9.51. The van der Waals surface area contributed by atoms with Crippen molar-refractivity contribution in [2.45, 2.75) is 64.4 Å². The largest absolute Gasteiger partial charge is 0.393 e. The standard InChI is InChI=1S/C26H38N6O2/c1-2-22-23(5-3-4-18-6-12-21(33)13-7-18)31-26(24(30-22)25(27)34)29-19-8-10-20(11-9-19)32-16-14-28-15-17-32/h8-11,18,21,28,33H,2-7,12-17H2,1H3,(H2,27,34)(H,29,31). The predicted octanol–water partition coefficient (Wildman–Crippen LogP) is 3.16. The molecule has 0 atom stereocenters. The third-order valence-corrected chi connectivity index (χ3v) is 7.07. The summed E-state index contributed by atoms with van der Waals surface area (Å²) < 4.78 is 0. The number of hydrogen-bond donors (Lipinski definition) is 4. The number of nitrogens with one attached hydrogen (secondary N) is 2. The first kappa shape index (κ1) is 24.4. The molecule has 2 heterocycles. The van der Waals surface area contributed by atoms with Crippen molar-refractivity contribution in [3.8, 4) is 0 Å². The minimum absolute atomic E-state index is 0.116. The zero-order valence-electron chi connectivity index (χ0n) is 20.2. The lowest BCUT2D eigenvalue weighted by molar-refractivity contribution is 0.0995. The van der Waals surface area contributed by atoms with Crippen molar-refractivity contribution in [2.24, 2.45) is 11.7 Å². The molecule has 1 amide bonds. The van der Waals surface area contributed by atoms with Crippen LogP contribution in [0.15, 0.2) is 24.3 Å². The van der Waals surface area contributed by atoms with E-state index in [1.165, 1.54) is 5.69 Å². The number of carbonyl (C=O) groups excluding carboxylic acids is 1. The molecular weight excluding hydrogens is 428 g/mol. The number of aromatic nitrogens is 2. The molecule has 5 N–H and O–H groups in total. The number of hydrogen-bond acceptors (Lipinski definition) is 7. The quantitative estimate of drug-likeness (QED) is 0.448. The van der Waals surface area contributed by atoms with Crippen LogP contribution in [0.3, 0.4) is 0 Å². The van der Waals surface area contributed by atoms with Gasteiger partial charge < -0.3 is 26.4 Å². The van der Waals surface area contributed by atoms with Crippen LogP contribution in [0.1, 0.15) is 67.3 Å². The van der Waals surface area contributed by atoms with E-state index in [9.17, 15) is 9.90 Å². The molecular formula is C26H38N6O2. The number of aliphatic hydroxyl groups is 1. The molecule has 1 aromatic heterocycles. The molecule has 4 rings (SSSR count). The number of aryl methyl sites for hydroxylation is 2. The van der Waals surface area contributed by atoms with Crippen LogP contribution in [-0.4, -0.2) is 53.3 Å². The van der Waals surface area contributed by atoms with Gasteiger partial charge in [-0.3, -0.25) is 4.79 Å². The van der Waals surface area contributed by atoms with Crippen molar-refractivity contribution < 1.29 is 9.90 Å². The Morgan fingerprint density at radius 3 is 2.47 bits per heavy atom. The number of primary amides is 1. The molecule has 1 saturated heterocycles. The highest BCUT2D eigenvalue weighted by Crippen LogP contribution is 2.29. The van der Waals surface area contributed by atoms with Gasteiger partial charge in [-0.05, 0) is 75.1 Å². The van der Waals surface area contributed by atoms with E-state index in [-0.39, 0.29) is 11.8 Å². The minimum Gasteiger partial charge on any atom is -0.393 e. The Balaban J connectivity index is 1.46. The summed E-state index contributed by atoms with van der Waals surface area (Å²) in [5.74, 6) is 0.531. The van der Waals surface area contributed by atoms with Gasteiger partial charge in [0.1, 0.15) is 0 Å². The second-order valence-electron chi connectivity index (χ2n) is 9.51. The average molecular weight is 467 g/mol. The summed E-state index contributed by atoms with van der Waals surface area (Å²) in [6.07, 6.45) is 7.61. The van der Waals surface area contributed by atoms with E-state index >= 15 is 0 Å². The molecule has 2 fully saturated rings. The Hall–Kier alpha value is -2.71.